The van der Waals surface area contributed by atoms with Crippen molar-refractivity contribution in [3.8, 4) is 0 Å². The van der Waals surface area contributed by atoms with Crippen LogP contribution in [0.5, 0.6) is 0 Å². The van der Waals surface area contributed by atoms with E-state index < -0.39 is 0 Å². The van der Waals surface area contributed by atoms with Crippen molar-refractivity contribution < 1.29 is 0 Å². The van der Waals surface area contributed by atoms with Gasteiger partial charge in [0.1, 0.15) is 0 Å². The highest BCUT2D eigenvalue weighted by atomic mass is 32.1. The van der Waals surface area contributed by atoms with Crippen molar-refractivity contribution in [1.82, 2.24) is 24.8 Å². The number of aryl methyl sites for hydroxylation is 1. The number of rotatable bonds is 5. The molecule has 2 aliphatic rings. The molecule has 31 heavy (non-hydrogen) atoms. The van der Waals surface area contributed by atoms with E-state index >= 15 is 0 Å². The number of pyridine rings is 2. The molecule has 0 aromatic carbocycles. The largest absolute Gasteiger partial charge is 0.352 e. The Balaban J connectivity index is 1.57. The van der Waals surface area contributed by atoms with Crippen molar-refractivity contribution >= 4 is 17.3 Å². The van der Waals surface area contributed by atoms with Crippen LogP contribution in [0.1, 0.15) is 66.0 Å². The second-order valence-electron chi connectivity index (χ2n) is 8.75. The third-order valence-electron chi connectivity index (χ3n) is 6.85. The first-order valence-corrected chi connectivity index (χ1v) is 11.6. The molecule has 3 aromatic heterocycles. The third-order valence-corrected chi connectivity index (χ3v) is 7.18. The molecule has 2 atom stereocenters. The molecule has 5 rings (SSSR count). The Hall–Kier alpha value is -2.73. The molecule has 0 amide bonds. The molecule has 4 heterocycles. The van der Waals surface area contributed by atoms with Gasteiger partial charge in [0.2, 0.25) is 0 Å². The van der Waals surface area contributed by atoms with Crippen LogP contribution in [0.2, 0.25) is 0 Å². The minimum absolute atomic E-state index is 0.0571. The van der Waals surface area contributed by atoms with Gasteiger partial charge in [0.05, 0.1) is 17.8 Å². The molecule has 0 unspecified atom stereocenters. The van der Waals surface area contributed by atoms with Crippen LogP contribution in [0.3, 0.4) is 0 Å². The molecule has 5 nitrogen and oxygen atoms in total. The van der Waals surface area contributed by atoms with E-state index in [0.29, 0.717) is 6.04 Å². The number of nitrogens with zero attached hydrogens (tertiary/aromatic N) is 4. The zero-order valence-corrected chi connectivity index (χ0v) is 19.0. The van der Waals surface area contributed by atoms with E-state index in [9.17, 15) is 0 Å². The maximum atomic E-state index is 5.89. The molecule has 3 aromatic rings. The van der Waals surface area contributed by atoms with Gasteiger partial charge in [-0.05, 0) is 74.3 Å². The van der Waals surface area contributed by atoms with Crippen LogP contribution >= 0.6 is 12.2 Å². The van der Waals surface area contributed by atoms with Crippen molar-refractivity contribution in [3.63, 3.8) is 0 Å². The first-order valence-electron chi connectivity index (χ1n) is 11.2. The molecular weight excluding hydrogens is 402 g/mol. The van der Waals surface area contributed by atoms with Gasteiger partial charge >= 0.3 is 0 Å². The van der Waals surface area contributed by atoms with Crippen LogP contribution in [-0.4, -0.2) is 30.6 Å². The van der Waals surface area contributed by atoms with Gasteiger partial charge in [0.15, 0.2) is 5.11 Å². The lowest BCUT2D eigenvalue weighted by atomic mass is 9.95. The second-order valence-corrected chi connectivity index (χ2v) is 9.13. The first kappa shape index (κ1) is 20.2. The quantitative estimate of drug-likeness (QED) is 0.585. The maximum absolute atomic E-state index is 5.89. The van der Waals surface area contributed by atoms with E-state index in [1.165, 1.54) is 48.2 Å². The summed E-state index contributed by atoms with van der Waals surface area (Å²) in [5.74, 6) is 0. The average Bonchev–Trinajstić information content (AvgIpc) is 3.50. The molecule has 1 aliphatic carbocycles. The van der Waals surface area contributed by atoms with Gasteiger partial charge < -0.3 is 14.8 Å². The van der Waals surface area contributed by atoms with E-state index in [0.717, 1.165) is 17.4 Å². The fourth-order valence-electron chi connectivity index (χ4n) is 5.32. The summed E-state index contributed by atoms with van der Waals surface area (Å²) < 4.78 is 2.40. The summed E-state index contributed by atoms with van der Waals surface area (Å²) in [5, 5.41) is 4.49. The topological polar surface area (TPSA) is 46.0 Å². The lowest BCUT2D eigenvalue weighted by Gasteiger charge is -2.33. The number of hydrogen-bond donors (Lipinski definition) is 1. The van der Waals surface area contributed by atoms with E-state index in [-0.39, 0.29) is 12.1 Å². The molecule has 6 heteroatoms. The third kappa shape index (κ3) is 3.74. The van der Waals surface area contributed by atoms with Gasteiger partial charge in [-0.15, -0.1) is 0 Å². The van der Waals surface area contributed by atoms with Gasteiger partial charge in [-0.1, -0.05) is 25.0 Å². The summed E-state index contributed by atoms with van der Waals surface area (Å²) in [5.41, 5.74) is 6.16. The van der Waals surface area contributed by atoms with Crippen LogP contribution in [0, 0.1) is 13.8 Å². The van der Waals surface area contributed by atoms with Crippen molar-refractivity contribution in [2.45, 2.75) is 64.2 Å². The van der Waals surface area contributed by atoms with Gasteiger partial charge in [-0.25, -0.2) is 0 Å². The Morgan fingerprint density at radius 3 is 2.65 bits per heavy atom. The van der Waals surface area contributed by atoms with Crippen molar-refractivity contribution in [1.29, 1.82) is 0 Å². The summed E-state index contributed by atoms with van der Waals surface area (Å²) in [6.07, 6.45) is 10.6. The van der Waals surface area contributed by atoms with Crippen molar-refractivity contribution in [3.05, 3.63) is 83.2 Å². The van der Waals surface area contributed by atoms with E-state index in [4.69, 9.17) is 17.2 Å². The molecule has 1 saturated heterocycles. The summed E-state index contributed by atoms with van der Waals surface area (Å²) in [4.78, 5) is 11.5. The lowest BCUT2D eigenvalue weighted by molar-refractivity contribution is 0.245. The van der Waals surface area contributed by atoms with Gasteiger partial charge in [-0.2, -0.15) is 0 Å². The van der Waals surface area contributed by atoms with Crippen LogP contribution in [0.25, 0.3) is 0 Å². The van der Waals surface area contributed by atoms with E-state index in [1.807, 2.05) is 30.7 Å². The predicted molar refractivity (Wildman–Crippen MR) is 127 cm³/mol. The minimum Gasteiger partial charge on any atom is -0.352 e. The Bertz CT molecular complexity index is 1060. The number of hydrogen-bond acceptors (Lipinski definition) is 3. The SMILES string of the molecule is Cc1cc([C@@H]2[C@H](c3ccccn3)NC(=S)N2C2CCCC2)c(C)n1Cc1cccnc1. The molecule has 1 saturated carbocycles. The molecule has 1 aliphatic heterocycles. The highest BCUT2D eigenvalue weighted by molar-refractivity contribution is 7.80. The van der Waals surface area contributed by atoms with Gasteiger partial charge in [0, 0.05) is 42.6 Å². The zero-order valence-electron chi connectivity index (χ0n) is 18.2. The second kappa shape index (κ2) is 8.42. The Morgan fingerprint density at radius 2 is 1.94 bits per heavy atom. The normalized spacial score (nSPS) is 21.6. The number of thiocarbonyl (C=S) groups is 1. The van der Waals surface area contributed by atoms with E-state index in [1.54, 1.807) is 0 Å². The van der Waals surface area contributed by atoms with Crippen molar-refractivity contribution in [2.24, 2.45) is 0 Å². The molecule has 160 valence electrons. The summed E-state index contributed by atoms with van der Waals surface area (Å²) in [6, 6.07) is 13.3. The fourth-order valence-corrected chi connectivity index (χ4v) is 5.71. The fraction of sp³-hybridized carbons (Fsp3) is 0.400. The summed E-state index contributed by atoms with van der Waals surface area (Å²) >= 11 is 5.89. The highest BCUT2D eigenvalue weighted by Crippen LogP contribution is 2.44. The lowest BCUT2D eigenvalue weighted by Crippen LogP contribution is -2.37. The smallest absolute Gasteiger partial charge is 0.170 e. The number of nitrogens with one attached hydrogen (secondary N) is 1. The zero-order chi connectivity index (χ0) is 21.4. The minimum atomic E-state index is 0.0571. The molecular formula is C25H29N5S. The molecule has 0 radical (unpaired) electrons. The maximum Gasteiger partial charge on any atom is 0.170 e. The molecule has 1 N–H and O–H groups in total. The standard InChI is InChI=1S/C25H29N5S/c1-17-14-21(18(2)29(17)16-19-8-7-12-26-15-19)24-23(22-11-5-6-13-27-22)28-25(31)30(24)20-9-3-4-10-20/h5-8,11-15,20,23-24H,3-4,9-10,16H2,1-2H3,(H,28,31)/t23-,24+/m0/s1. The van der Waals surface area contributed by atoms with Gasteiger partial charge in [-0.3, -0.25) is 9.97 Å². The summed E-state index contributed by atoms with van der Waals surface area (Å²) in [7, 11) is 0. The van der Waals surface area contributed by atoms with Crippen LogP contribution < -0.4 is 5.32 Å². The molecule has 2 fully saturated rings. The Kier molecular flexibility index (Phi) is 5.48. The average molecular weight is 432 g/mol. The Labute approximate surface area is 189 Å². The monoisotopic (exact) mass is 431 g/mol. The van der Waals surface area contributed by atoms with Crippen LogP contribution in [-0.2, 0) is 6.54 Å². The molecule has 0 bridgehead atoms. The Morgan fingerprint density at radius 1 is 1.10 bits per heavy atom. The van der Waals surface area contributed by atoms with Gasteiger partial charge in [0.25, 0.3) is 0 Å². The van der Waals surface area contributed by atoms with Crippen LogP contribution in [0.4, 0.5) is 0 Å². The van der Waals surface area contributed by atoms with E-state index in [2.05, 4.69) is 57.9 Å². The highest BCUT2D eigenvalue weighted by Gasteiger charge is 2.44. The number of aromatic nitrogens is 3. The molecule has 0 spiro atoms. The first-order chi connectivity index (χ1) is 15.1. The van der Waals surface area contributed by atoms with Crippen molar-refractivity contribution in [2.75, 3.05) is 0 Å². The predicted octanol–water partition coefficient (Wildman–Crippen LogP) is 4.86. The summed E-state index contributed by atoms with van der Waals surface area (Å²) in [6.45, 7) is 5.26. The van der Waals surface area contributed by atoms with Crippen LogP contribution in [0.15, 0.2) is 55.0 Å².